The van der Waals surface area contributed by atoms with Crippen molar-refractivity contribution < 1.29 is 4.74 Å². The lowest BCUT2D eigenvalue weighted by Crippen LogP contribution is -1.98. The summed E-state index contributed by atoms with van der Waals surface area (Å²) in [7, 11) is 0. The van der Waals surface area contributed by atoms with Gasteiger partial charge in [-0.15, -0.1) is 0 Å². The second-order valence-corrected chi connectivity index (χ2v) is 4.72. The summed E-state index contributed by atoms with van der Waals surface area (Å²) in [5.74, 6) is 1.77. The predicted molar refractivity (Wildman–Crippen MR) is 79.8 cm³/mol. The summed E-state index contributed by atoms with van der Waals surface area (Å²) in [4.78, 5) is 0. The van der Waals surface area contributed by atoms with Crippen LogP contribution in [0.1, 0.15) is 37.8 Å². The molecule has 0 unspecified atom stereocenters. The van der Waals surface area contributed by atoms with Gasteiger partial charge in [0.05, 0.1) is 0 Å². The van der Waals surface area contributed by atoms with E-state index in [0.29, 0.717) is 0 Å². The first-order valence-corrected chi connectivity index (χ1v) is 7.10. The predicted octanol–water partition coefficient (Wildman–Crippen LogP) is 5.18. The fourth-order valence-corrected chi connectivity index (χ4v) is 2.30. The molecule has 0 heterocycles. The Hall–Kier alpha value is -1.76. The average molecular weight is 253 g/mol. The molecule has 2 rings (SSSR count). The molecule has 1 heteroatoms. The van der Waals surface area contributed by atoms with Crippen LogP contribution in [0.4, 0.5) is 0 Å². The van der Waals surface area contributed by atoms with E-state index in [-0.39, 0.29) is 0 Å². The van der Waals surface area contributed by atoms with E-state index in [1.165, 1.54) is 11.1 Å². The van der Waals surface area contributed by atoms with E-state index in [1.54, 1.807) is 0 Å². The quantitative estimate of drug-likeness (QED) is 0.689. The van der Waals surface area contributed by atoms with Gasteiger partial charge in [-0.2, -0.15) is 0 Å². The molecular weight excluding hydrogens is 232 g/mol. The van der Waals surface area contributed by atoms with Gasteiger partial charge in [-0.05, 0) is 36.1 Å². The fourth-order valence-electron chi connectivity index (χ4n) is 2.30. The summed E-state index contributed by atoms with van der Waals surface area (Å²) >= 11 is 0. The normalized spacial score (nSPS) is 10.4. The Morgan fingerprint density at radius 1 is 0.947 bits per heavy atom. The molecule has 0 saturated heterocycles. The zero-order valence-electron chi connectivity index (χ0n) is 11.8. The topological polar surface area (TPSA) is 9.23 Å². The Kier molecular flexibility index (Phi) is 5.02. The fraction of sp³-hybridized carbons (Fsp3) is 0.333. The first kappa shape index (κ1) is 13.7. The van der Waals surface area contributed by atoms with Gasteiger partial charge in [-0.25, -0.2) is 0 Å². The van der Waals surface area contributed by atoms with Crippen LogP contribution in [0.15, 0.2) is 42.5 Å². The largest absolute Gasteiger partial charge is 0.456 e. The van der Waals surface area contributed by atoms with Gasteiger partial charge in [0.15, 0.2) is 0 Å². The van der Waals surface area contributed by atoms with Crippen molar-refractivity contribution in [2.75, 3.05) is 0 Å². The molecule has 0 saturated carbocycles. The van der Waals surface area contributed by atoms with E-state index in [2.05, 4.69) is 38.1 Å². The molecule has 1 radical (unpaired) electrons. The maximum absolute atomic E-state index is 5.99. The highest BCUT2D eigenvalue weighted by Gasteiger charge is 2.09. The highest BCUT2D eigenvalue weighted by Crippen LogP contribution is 2.29. The molecule has 99 valence electrons. The molecule has 0 aliphatic heterocycles. The van der Waals surface area contributed by atoms with Crippen LogP contribution in [-0.4, -0.2) is 0 Å². The number of rotatable bonds is 6. The van der Waals surface area contributed by atoms with Gasteiger partial charge in [-0.3, -0.25) is 0 Å². The monoisotopic (exact) mass is 253 g/mol. The number of ether oxygens (including phenoxy) is 1. The summed E-state index contributed by atoms with van der Waals surface area (Å²) < 4.78 is 5.99. The maximum atomic E-state index is 5.99. The average Bonchev–Trinajstić information content (AvgIpc) is 2.44. The Balaban J connectivity index is 2.30. The van der Waals surface area contributed by atoms with Crippen molar-refractivity contribution in [3.63, 3.8) is 0 Å². The second-order valence-electron chi connectivity index (χ2n) is 4.72. The zero-order chi connectivity index (χ0) is 13.5. The molecule has 0 amide bonds. The molecule has 0 aliphatic carbocycles. The van der Waals surface area contributed by atoms with Crippen LogP contribution >= 0.6 is 0 Å². The summed E-state index contributed by atoms with van der Waals surface area (Å²) in [6.45, 7) is 4.43. The number of hydrogen-bond donors (Lipinski definition) is 0. The third kappa shape index (κ3) is 3.60. The van der Waals surface area contributed by atoms with Gasteiger partial charge in [0.25, 0.3) is 0 Å². The molecular formula is C18H21O. The van der Waals surface area contributed by atoms with Crippen molar-refractivity contribution in [1.29, 1.82) is 0 Å². The minimum atomic E-state index is 0.786. The molecule has 0 spiro atoms. The lowest BCUT2D eigenvalue weighted by Gasteiger charge is -2.14. The Labute approximate surface area is 116 Å². The molecule has 0 bridgehead atoms. The lowest BCUT2D eigenvalue weighted by atomic mass is 9.98. The zero-order valence-corrected chi connectivity index (χ0v) is 11.8. The van der Waals surface area contributed by atoms with Crippen molar-refractivity contribution in [2.24, 2.45) is 0 Å². The molecule has 0 N–H and O–H groups in total. The van der Waals surface area contributed by atoms with Crippen LogP contribution < -0.4 is 4.74 Å². The van der Waals surface area contributed by atoms with Crippen molar-refractivity contribution in [3.05, 3.63) is 59.7 Å². The Bertz CT molecular complexity index is 502. The van der Waals surface area contributed by atoms with Crippen molar-refractivity contribution in [2.45, 2.75) is 39.5 Å². The Morgan fingerprint density at radius 3 is 2.47 bits per heavy atom. The van der Waals surface area contributed by atoms with Crippen molar-refractivity contribution in [3.8, 4) is 11.5 Å². The van der Waals surface area contributed by atoms with E-state index >= 15 is 0 Å². The molecule has 2 aromatic carbocycles. The minimum absolute atomic E-state index is 0.786. The molecule has 0 fully saturated rings. The first-order chi connectivity index (χ1) is 9.35. The first-order valence-electron chi connectivity index (χ1n) is 7.10. The minimum Gasteiger partial charge on any atom is -0.456 e. The standard InChI is InChI=1S/C18H21O/c1-3-9-15-11-8-14-18(17(15)10-4-2)19-16-12-6-5-7-13-16/h5-8,11-12,14H,3-4,9-10H2,1-2H3. The maximum Gasteiger partial charge on any atom is 0.135 e. The van der Waals surface area contributed by atoms with Crippen LogP contribution in [0.3, 0.4) is 0 Å². The van der Waals surface area contributed by atoms with E-state index in [0.717, 1.165) is 37.2 Å². The van der Waals surface area contributed by atoms with E-state index < -0.39 is 0 Å². The van der Waals surface area contributed by atoms with Gasteiger partial charge in [0, 0.05) is 6.07 Å². The summed E-state index contributed by atoms with van der Waals surface area (Å²) in [5, 5.41) is 0. The Morgan fingerprint density at radius 2 is 1.79 bits per heavy atom. The molecule has 1 nitrogen and oxygen atoms in total. The smallest absolute Gasteiger partial charge is 0.135 e. The van der Waals surface area contributed by atoms with E-state index in [4.69, 9.17) is 4.74 Å². The van der Waals surface area contributed by atoms with Crippen LogP contribution in [0.5, 0.6) is 11.5 Å². The highest BCUT2D eigenvalue weighted by molar-refractivity contribution is 5.43. The number of para-hydroxylation sites is 1. The third-order valence-electron chi connectivity index (χ3n) is 3.15. The van der Waals surface area contributed by atoms with Gasteiger partial charge >= 0.3 is 0 Å². The molecule has 0 aromatic heterocycles. The molecule has 0 atom stereocenters. The highest BCUT2D eigenvalue weighted by atomic mass is 16.5. The van der Waals surface area contributed by atoms with E-state index in [1.807, 2.05) is 24.3 Å². The SMILES string of the molecule is CCCc1cccc(Oc2[c]cccc2)c1CCC. The van der Waals surface area contributed by atoms with E-state index in [9.17, 15) is 0 Å². The van der Waals surface area contributed by atoms with Crippen molar-refractivity contribution >= 4 is 0 Å². The van der Waals surface area contributed by atoms with Gasteiger partial charge in [0.1, 0.15) is 11.5 Å². The number of aryl methyl sites for hydroxylation is 1. The molecule has 2 aromatic rings. The molecule has 19 heavy (non-hydrogen) atoms. The van der Waals surface area contributed by atoms with Gasteiger partial charge in [-0.1, -0.05) is 57.0 Å². The summed E-state index contributed by atoms with van der Waals surface area (Å²) in [5.41, 5.74) is 2.77. The van der Waals surface area contributed by atoms with Crippen molar-refractivity contribution in [1.82, 2.24) is 0 Å². The van der Waals surface area contributed by atoms with Crippen LogP contribution in [0, 0.1) is 6.07 Å². The molecule has 0 aliphatic rings. The van der Waals surface area contributed by atoms with Gasteiger partial charge < -0.3 is 4.74 Å². The van der Waals surface area contributed by atoms with Gasteiger partial charge in [0.2, 0.25) is 0 Å². The number of hydrogen-bond acceptors (Lipinski definition) is 1. The summed E-state index contributed by atoms with van der Waals surface area (Å²) in [6, 6.07) is 17.2. The summed E-state index contributed by atoms with van der Waals surface area (Å²) in [6.07, 6.45) is 4.48. The van der Waals surface area contributed by atoms with Crippen LogP contribution in [-0.2, 0) is 12.8 Å². The van der Waals surface area contributed by atoms with Crippen LogP contribution in [0.2, 0.25) is 0 Å². The second kappa shape index (κ2) is 6.98. The van der Waals surface area contributed by atoms with Crippen LogP contribution in [0.25, 0.3) is 0 Å². The third-order valence-corrected chi connectivity index (χ3v) is 3.15. The lowest BCUT2D eigenvalue weighted by molar-refractivity contribution is 0.473. The number of benzene rings is 2.